The Bertz CT molecular complexity index is 271. The molecule has 1 unspecified atom stereocenters. The van der Waals surface area contributed by atoms with Crippen molar-refractivity contribution >= 4 is 0 Å². The first-order chi connectivity index (χ1) is 6.63. The highest BCUT2D eigenvalue weighted by molar-refractivity contribution is 5.29. The van der Waals surface area contributed by atoms with Crippen molar-refractivity contribution < 1.29 is 5.11 Å². The molecule has 0 heterocycles. The van der Waals surface area contributed by atoms with Crippen molar-refractivity contribution in [1.29, 1.82) is 0 Å². The van der Waals surface area contributed by atoms with Crippen molar-refractivity contribution in [3.63, 3.8) is 0 Å². The van der Waals surface area contributed by atoms with Gasteiger partial charge in [-0.3, -0.25) is 0 Å². The van der Waals surface area contributed by atoms with E-state index < -0.39 is 0 Å². The second kappa shape index (κ2) is 5.16. The van der Waals surface area contributed by atoms with E-state index in [0.29, 0.717) is 0 Å². The lowest BCUT2D eigenvalue weighted by atomic mass is 10.00. The minimum atomic E-state index is -0.284. The number of unbranched alkanes of at least 4 members (excludes halogenated alkanes) is 1. The zero-order valence-corrected chi connectivity index (χ0v) is 9.38. The number of hydrogen-bond donors (Lipinski definition) is 1. The summed E-state index contributed by atoms with van der Waals surface area (Å²) in [5.41, 5.74) is 3.53. The van der Waals surface area contributed by atoms with E-state index in [1.807, 2.05) is 0 Å². The Hall–Kier alpha value is -0.820. The molecule has 0 amide bonds. The molecule has 0 saturated heterocycles. The van der Waals surface area contributed by atoms with Crippen LogP contribution in [-0.2, 0) is 0 Å². The molecule has 0 saturated carbocycles. The number of hydrogen-bond acceptors (Lipinski definition) is 1. The number of aliphatic hydroxyl groups is 1. The lowest BCUT2D eigenvalue weighted by Crippen LogP contribution is -1.98. The first-order valence-corrected chi connectivity index (χ1v) is 5.39. The summed E-state index contributed by atoms with van der Waals surface area (Å²) in [7, 11) is 0. The van der Waals surface area contributed by atoms with E-state index in [1.54, 1.807) is 0 Å². The third-order valence-corrected chi connectivity index (χ3v) is 2.46. The largest absolute Gasteiger partial charge is 0.388 e. The smallest absolute Gasteiger partial charge is 0.0790 e. The average molecular weight is 192 g/mol. The minimum absolute atomic E-state index is 0.284. The summed E-state index contributed by atoms with van der Waals surface area (Å²) in [6.45, 7) is 6.29. The summed E-state index contributed by atoms with van der Waals surface area (Å²) in [5, 5.41) is 9.90. The molecule has 1 atom stereocenters. The molecule has 0 aliphatic carbocycles. The van der Waals surface area contributed by atoms with E-state index in [9.17, 15) is 5.11 Å². The van der Waals surface area contributed by atoms with Crippen LogP contribution in [0.4, 0.5) is 0 Å². The standard InChI is InChI=1S/C13H20O/c1-4-5-6-13(14)12-8-10(2)7-11(3)9-12/h7-9,13-14H,4-6H2,1-3H3. The van der Waals surface area contributed by atoms with Gasteiger partial charge in [0.25, 0.3) is 0 Å². The maximum absolute atomic E-state index is 9.90. The van der Waals surface area contributed by atoms with Crippen LogP contribution in [0.25, 0.3) is 0 Å². The molecular formula is C13H20O. The molecule has 1 aromatic carbocycles. The van der Waals surface area contributed by atoms with Crippen LogP contribution >= 0.6 is 0 Å². The zero-order valence-electron chi connectivity index (χ0n) is 9.38. The van der Waals surface area contributed by atoms with Crippen LogP contribution in [0.1, 0.15) is 49.0 Å². The van der Waals surface area contributed by atoms with Gasteiger partial charge in [-0.2, -0.15) is 0 Å². The van der Waals surface area contributed by atoms with Crippen LogP contribution in [0, 0.1) is 13.8 Å². The lowest BCUT2D eigenvalue weighted by molar-refractivity contribution is 0.164. The van der Waals surface area contributed by atoms with Gasteiger partial charge in [0.15, 0.2) is 0 Å². The molecule has 78 valence electrons. The van der Waals surface area contributed by atoms with Crippen molar-refractivity contribution in [3.05, 3.63) is 34.9 Å². The van der Waals surface area contributed by atoms with Crippen molar-refractivity contribution in [2.24, 2.45) is 0 Å². The van der Waals surface area contributed by atoms with Crippen LogP contribution in [0.3, 0.4) is 0 Å². The molecule has 0 radical (unpaired) electrons. The van der Waals surface area contributed by atoms with Gasteiger partial charge in [-0.15, -0.1) is 0 Å². The van der Waals surface area contributed by atoms with Crippen molar-refractivity contribution in [1.82, 2.24) is 0 Å². The Morgan fingerprint density at radius 2 is 1.71 bits per heavy atom. The van der Waals surface area contributed by atoms with Gasteiger partial charge in [-0.1, -0.05) is 49.1 Å². The first-order valence-electron chi connectivity index (χ1n) is 5.39. The van der Waals surface area contributed by atoms with Gasteiger partial charge in [0, 0.05) is 0 Å². The number of aryl methyl sites for hydroxylation is 2. The second-order valence-corrected chi connectivity index (χ2v) is 4.08. The van der Waals surface area contributed by atoms with Crippen molar-refractivity contribution in [2.75, 3.05) is 0 Å². The van der Waals surface area contributed by atoms with E-state index in [2.05, 4.69) is 39.0 Å². The van der Waals surface area contributed by atoms with E-state index in [-0.39, 0.29) is 6.10 Å². The molecule has 1 heteroatoms. The quantitative estimate of drug-likeness (QED) is 0.773. The predicted molar refractivity (Wildman–Crippen MR) is 60.4 cm³/mol. The Morgan fingerprint density at radius 3 is 2.21 bits per heavy atom. The molecule has 1 rings (SSSR count). The topological polar surface area (TPSA) is 20.2 Å². The molecule has 14 heavy (non-hydrogen) atoms. The lowest BCUT2D eigenvalue weighted by Gasteiger charge is -2.12. The van der Waals surface area contributed by atoms with Crippen LogP contribution in [0.5, 0.6) is 0 Å². The van der Waals surface area contributed by atoms with Crippen LogP contribution in [0.2, 0.25) is 0 Å². The van der Waals surface area contributed by atoms with Gasteiger partial charge in [-0.25, -0.2) is 0 Å². The SMILES string of the molecule is CCCCC(O)c1cc(C)cc(C)c1. The highest BCUT2D eigenvalue weighted by atomic mass is 16.3. The van der Waals surface area contributed by atoms with Gasteiger partial charge in [-0.05, 0) is 25.8 Å². The summed E-state index contributed by atoms with van der Waals surface area (Å²) in [6.07, 6.45) is 2.82. The fraction of sp³-hybridized carbons (Fsp3) is 0.538. The van der Waals surface area contributed by atoms with E-state index in [4.69, 9.17) is 0 Å². The fourth-order valence-electron chi connectivity index (χ4n) is 1.77. The summed E-state index contributed by atoms with van der Waals surface area (Å²) in [4.78, 5) is 0. The van der Waals surface area contributed by atoms with Gasteiger partial charge in [0.1, 0.15) is 0 Å². The average Bonchev–Trinajstić information content (AvgIpc) is 2.12. The van der Waals surface area contributed by atoms with Crippen LogP contribution < -0.4 is 0 Å². The second-order valence-electron chi connectivity index (χ2n) is 4.08. The predicted octanol–water partition coefficient (Wildman–Crippen LogP) is 3.53. The summed E-state index contributed by atoms with van der Waals surface area (Å²) >= 11 is 0. The molecule has 0 aliphatic heterocycles. The Balaban J connectivity index is 2.73. The summed E-state index contributed by atoms with van der Waals surface area (Å²) < 4.78 is 0. The molecule has 0 fully saturated rings. The Morgan fingerprint density at radius 1 is 1.14 bits per heavy atom. The van der Waals surface area contributed by atoms with Gasteiger partial charge < -0.3 is 5.11 Å². The minimum Gasteiger partial charge on any atom is -0.388 e. The summed E-state index contributed by atoms with van der Waals surface area (Å²) in [5.74, 6) is 0. The van der Waals surface area contributed by atoms with Crippen LogP contribution in [0.15, 0.2) is 18.2 Å². The van der Waals surface area contributed by atoms with Gasteiger partial charge in [0.2, 0.25) is 0 Å². The molecule has 1 nitrogen and oxygen atoms in total. The highest BCUT2D eigenvalue weighted by Gasteiger charge is 2.07. The fourth-order valence-corrected chi connectivity index (χ4v) is 1.77. The maximum atomic E-state index is 9.90. The van der Waals surface area contributed by atoms with E-state index >= 15 is 0 Å². The van der Waals surface area contributed by atoms with Gasteiger partial charge >= 0.3 is 0 Å². The third-order valence-electron chi connectivity index (χ3n) is 2.46. The Kier molecular flexibility index (Phi) is 4.15. The van der Waals surface area contributed by atoms with Gasteiger partial charge in [0.05, 0.1) is 6.10 Å². The number of rotatable bonds is 4. The monoisotopic (exact) mass is 192 g/mol. The zero-order chi connectivity index (χ0) is 10.6. The molecule has 0 aromatic heterocycles. The maximum Gasteiger partial charge on any atom is 0.0790 e. The third kappa shape index (κ3) is 3.15. The van der Waals surface area contributed by atoms with E-state index in [1.165, 1.54) is 11.1 Å². The Labute approximate surface area is 86.8 Å². The molecule has 1 aromatic rings. The van der Waals surface area contributed by atoms with Crippen molar-refractivity contribution in [2.45, 2.75) is 46.1 Å². The van der Waals surface area contributed by atoms with E-state index in [0.717, 1.165) is 24.8 Å². The molecule has 0 bridgehead atoms. The number of benzene rings is 1. The first kappa shape index (κ1) is 11.3. The molecular weight excluding hydrogens is 172 g/mol. The number of aliphatic hydroxyl groups excluding tert-OH is 1. The normalized spacial score (nSPS) is 12.9. The molecule has 0 aliphatic rings. The van der Waals surface area contributed by atoms with Crippen molar-refractivity contribution in [3.8, 4) is 0 Å². The van der Waals surface area contributed by atoms with Crippen LogP contribution in [-0.4, -0.2) is 5.11 Å². The highest BCUT2D eigenvalue weighted by Crippen LogP contribution is 2.21. The molecule has 1 N–H and O–H groups in total. The molecule has 0 spiro atoms. The summed E-state index contributed by atoms with van der Waals surface area (Å²) in [6, 6.07) is 6.29.